The zero-order valence-corrected chi connectivity index (χ0v) is 11.9. The smallest absolute Gasteiger partial charge is 0.225 e. The predicted octanol–water partition coefficient (Wildman–Crippen LogP) is 0.293. The molecule has 0 aromatic carbocycles. The number of methoxy groups -OCH3 is 1. The zero-order chi connectivity index (χ0) is 13.5. The summed E-state index contributed by atoms with van der Waals surface area (Å²) in [6.07, 6.45) is 2.36. The van der Waals surface area contributed by atoms with Crippen molar-refractivity contribution in [2.45, 2.75) is 38.3 Å². The van der Waals surface area contributed by atoms with Crippen molar-refractivity contribution in [3.05, 3.63) is 0 Å². The van der Waals surface area contributed by atoms with Crippen LogP contribution in [0.3, 0.4) is 0 Å². The molecule has 0 aromatic rings. The van der Waals surface area contributed by atoms with Gasteiger partial charge >= 0.3 is 0 Å². The summed E-state index contributed by atoms with van der Waals surface area (Å²) in [5.74, 6) is 0.141. The number of carbonyl (C=O) groups is 1. The molecule has 1 rings (SSSR count). The van der Waals surface area contributed by atoms with Crippen molar-refractivity contribution in [3.8, 4) is 0 Å². The number of piperidine rings is 1. The molecule has 1 saturated heterocycles. The number of ether oxygens (including phenoxy) is 1. The Morgan fingerprint density at radius 1 is 1.50 bits per heavy atom. The molecule has 18 heavy (non-hydrogen) atoms. The fourth-order valence-corrected chi connectivity index (χ4v) is 2.43. The van der Waals surface area contributed by atoms with Crippen LogP contribution in [0.15, 0.2) is 0 Å². The molecule has 1 atom stereocenters. The Morgan fingerprint density at radius 3 is 2.56 bits per heavy atom. The van der Waals surface area contributed by atoms with Gasteiger partial charge < -0.3 is 20.3 Å². The van der Waals surface area contributed by atoms with E-state index in [1.165, 1.54) is 0 Å². The van der Waals surface area contributed by atoms with E-state index < -0.39 is 0 Å². The molecule has 0 spiro atoms. The summed E-state index contributed by atoms with van der Waals surface area (Å²) in [6.45, 7) is 5.85. The average molecular weight is 257 g/mol. The zero-order valence-electron chi connectivity index (χ0n) is 11.9. The number of carbonyl (C=O) groups excluding carboxylic acids is 1. The van der Waals surface area contributed by atoms with Crippen molar-refractivity contribution >= 4 is 5.91 Å². The summed E-state index contributed by atoms with van der Waals surface area (Å²) in [7, 11) is 3.50. The van der Waals surface area contributed by atoms with E-state index >= 15 is 0 Å². The Labute approximate surface area is 110 Å². The van der Waals surface area contributed by atoms with Gasteiger partial charge in [-0.3, -0.25) is 4.79 Å². The molecule has 0 radical (unpaired) electrons. The number of nitrogens with two attached hydrogens (primary N) is 1. The van der Waals surface area contributed by atoms with Crippen molar-refractivity contribution in [2.24, 2.45) is 5.73 Å². The van der Waals surface area contributed by atoms with Crippen molar-refractivity contribution in [3.63, 3.8) is 0 Å². The van der Waals surface area contributed by atoms with E-state index in [0.29, 0.717) is 19.0 Å². The average Bonchev–Trinajstić information content (AvgIpc) is 2.43. The molecule has 0 aliphatic carbocycles. The Bertz CT molecular complexity index is 249. The number of nitrogens with zero attached hydrogens (tertiary/aromatic N) is 2. The van der Waals surface area contributed by atoms with E-state index in [0.717, 1.165) is 32.5 Å². The number of amides is 1. The molecule has 1 heterocycles. The number of likely N-dealkylation sites (tertiary alicyclic amines) is 1. The highest BCUT2D eigenvalue weighted by molar-refractivity contribution is 5.76. The van der Waals surface area contributed by atoms with E-state index in [1.54, 1.807) is 7.11 Å². The molecule has 0 aromatic heterocycles. The molecule has 1 aliphatic rings. The highest BCUT2D eigenvalue weighted by atomic mass is 16.5. The van der Waals surface area contributed by atoms with E-state index in [2.05, 4.69) is 11.8 Å². The standard InChI is InChI=1S/C13H27N3O2/c1-4-16-7-5-11(6-8-16)15(2)13(17)9-12(10-14)18-3/h11-12H,4-10,14H2,1-3H3. The summed E-state index contributed by atoms with van der Waals surface area (Å²) in [6, 6.07) is 0.371. The van der Waals surface area contributed by atoms with Crippen LogP contribution in [0.1, 0.15) is 26.2 Å². The molecule has 5 heteroatoms. The Balaban J connectivity index is 2.39. The van der Waals surface area contributed by atoms with Crippen LogP contribution in [0.4, 0.5) is 0 Å². The van der Waals surface area contributed by atoms with Crippen molar-refractivity contribution < 1.29 is 9.53 Å². The second-order valence-corrected chi connectivity index (χ2v) is 4.97. The topological polar surface area (TPSA) is 58.8 Å². The lowest BCUT2D eigenvalue weighted by atomic mass is 10.0. The Kier molecular flexibility index (Phi) is 6.60. The minimum atomic E-state index is -0.157. The SMILES string of the molecule is CCN1CCC(N(C)C(=O)CC(CN)OC)CC1. The Hall–Kier alpha value is -0.650. The second kappa shape index (κ2) is 7.71. The molecule has 0 bridgehead atoms. The van der Waals surface area contributed by atoms with Gasteiger partial charge in [-0.1, -0.05) is 6.92 Å². The van der Waals surface area contributed by atoms with Crippen LogP contribution in [-0.4, -0.2) is 68.2 Å². The summed E-state index contributed by atoms with van der Waals surface area (Å²) in [5.41, 5.74) is 5.54. The first-order valence-corrected chi connectivity index (χ1v) is 6.83. The molecule has 1 fully saturated rings. The molecule has 106 valence electrons. The van der Waals surface area contributed by atoms with Crippen LogP contribution < -0.4 is 5.73 Å². The molecule has 0 saturated carbocycles. The van der Waals surface area contributed by atoms with Gasteiger partial charge in [0.2, 0.25) is 5.91 Å². The lowest BCUT2D eigenvalue weighted by molar-refractivity contribution is -0.135. The van der Waals surface area contributed by atoms with Crippen LogP contribution in [0.2, 0.25) is 0 Å². The maximum absolute atomic E-state index is 12.1. The fraction of sp³-hybridized carbons (Fsp3) is 0.923. The van der Waals surface area contributed by atoms with Crippen molar-refractivity contribution in [1.82, 2.24) is 9.80 Å². The lowest BCUT2D eigenvalue weighted by Gasteiger charge is -2.36. The fourth-order valence-electron chi connectivity index (χ4n) is 2.43. The molecular formula is C13H27N3O2. The van der Waals surface area contributed by atoms with Crippen molar-refractivity contribution in [2.75, 3.05) is 40.3 Å². The van der Waals surface area contributed by atoms with Gasteiger partial charge in [0.25, 0.3) is 0 Å². The first kappa shape index (κ1) is 15.4. The first-order chi connectivity index (χ1) is 8.62. The van der Waals surface area contributed by atoms with Gasteiger partial charge in [0.05, 0.1) is 12.5 Å². The van der Waals surface area contributed by atoms with Crippen LogP contribution >= 0.6 is 0 Å². The van der Waals surface area contributed by atoms with E-state index in [9.17, 15) is 4.79 Å². The molecule has 1 unspecified atom stereocenters. The normalized spacial score (nSPS) is 19.8. The van der Waals surface area contributed by atoms with E-state index in [1.807, 2.05) is 11.9 Å². The summed E-state index contributed by atoms with van der Waals surface area (Å²) < 4.78 is 5.16. The maximum atomic E-state index is 12.1. The van der Waals surface area contributed by atoms with E-state index in [-0.39, 0.29) is 12.0 Å². The quantitative estimate of drug-likeness (QED) is 0.743. The number of hydrogen-bond donors (Lipinski definition) is 1. The molecule has 2 N–H and O–H groups in total. The number of hydrogen-bond acceptors (Lipinski definition) is 4. The van der Waals surface area contributed by atoms with Gasteiger partial charge in [0, 0.05) is 39.8 Å². The van der Waals surface area contributed by atoms with E-state index in [4.69, 9.17) is 10.5 Å². The van der Waals surface area contributed by atoms with Crippen LogP contribution in [-0.2, 0) is 9.53 Å². The van der Waals surface area contributed by atoms with Gasteiger partial charge in [0.15, 0.2) is 0 Å². The summed E-state index contributed by atoms with van der Waals surface area (Å²) in [4.78, 5) is 16.4. The van der Waals surface area contributed by atoms with Gasteiger partial charge in [-0.15, -0.1) is 0 Å². The van der Waals surface area contributed by atoms with Crippen LogP contribution in [0, 0.1) is 0 Å². The van der Waals surface area contributed by atoms with Gasteiger partial charge in [-0.25, -0.2) is 0 Å². The first-order valence-electron chi connectivity index (χ1n) is 6.83. The highest BCUT2D eigenvalue weighted by Crippen LogP contribution is 2.16. The molecule has 5 nitrogen and oxygen atoms in total. The largest absolute Gasteiger partial charge is 0.380 e. The third kappa shape index (κ3) is 4.23. The highest BCUT2D eigenvalue weighted by Gasteiger charge is 2.25. The third-order valence-electron chi connectivity index (χ3n) is 3.94. The Morgan fingerprint density at radius 2 is 2.11 bits per heavy atom. The van der Waals surface area contributed by atoms with Crippen molar-refractivity contribution in [1.29, 1.82) is 0 Å². The van der Waals surface area contributed by atoms with Gasteiger partial charge in [0.1, 0.15) is 0 Å². The molecule has 1 amide bonds. The third-order valence-corrected chi connectivity index (χ3v) is 3.94. The predicted molar refractivity (Wildman–Crippen MR) is 72.4 cm³/mol. The second-order valence-electron chi connectivity index (χ2n) is 4.97. The number of rotatable bonds is 6. The monoisotopic (exact) mass is 257 g/mol. The summed E-state index contributed by atoms with van der Waals surface area (Å²) in [5, 5.41) is 0. The maximum Gasteiger partial charge on any atom is 0.225 e. The van der Waals surface area contributed by atoms with Gasteiger partial charge in [-0.05, 0) is 19.4 Å². The van der Waals surface area contributed by atoms with Gasteiger partial charge in [-0.2, -0.15) is 0 Å². The summed E-state index contributed by atoms with van der Waals surface area (Å²) >= 11 is 0. The van der Waals surface area contributed by atoms with Crippen LogP contribution in [0.5, 0.6) is 0 Å². The molecular weight excluding hydrogens is 230 g/mol. The minimum absolute atomic E-state index is 0.141. The van der Waals surface area contributed by atoms with Crippen LogP contribution in [0.25, 0.3) is 0 Å². The lowest BCUT2D eigenvalue weighted by Crippen LogP contribution is -2.46. The molecule has 1 aliphatic heterocycles. The minimum Gasteiger partial charge on any atom is -0.380 e.